The Morgan fingerprint density at radius 2 is 1.62 bits per heavy atom. The molecule has 3 rings (SSSR count). The van der Waals surface area contributed by atoms with E-state index in [0.29, 0.717) is 22.1 Å². The van der Waals surface area contributed by atoms with Crippen LogP contribution in [0.25, 0.3) is 0 Å². The first-order valence-electron chi connectivity index (χ1n) is 7.74. The molecule has 2 N–H and O–H groups in total. The Morgan fingerprint density at radius 3 is 2.31 bits per heavy atom. The van der Waals surface area contributed by atoms with Gasteiger partial charge in [-0.15, -0.1) is 0 Å². The van der Waals surface area contributed by atoms with Crippen LogP contribution in [0.1, 0.15) is 10.6 Å². The summed E-state index contributed by atoms with van der Waals surface area (Å²) >= 11 is 5.99. The first-order valence-corrected chi connectivity index (χ1v) is 8.12. The Bertz CT molecular complexity index is 909. The molecule has 2 aromatic carbocycles. The van der Waals surface area contributed by atoms with Crippen LogP contribution in [0.2, 0.25) is 5.02 Å². The maximum Gasteiger partial charge on any atom is 0.291 e. The predicted molar refractivity (Wildman–Crippen MR) is 98.7 cm³/mol. The lowest BCUT2D eigenvalue weighted by Crippen LogP contribution is -2.21. The van der Waals surface area contributed by atoms with Gasteiger partial charge in [-0.3, -0.25) is 9.59 Å². The van der Waals surface area contributed by atoms with Crippen LogP contribution in [0, 0.1) is 0 Å². The zero-order valence-electron chi connectivity index (χ0n) is 13.6. The molecule has 0 atom stereocenters. The monoisotopic (exact) mass is 370 g/mol. The standard InChI is InChI=1S/C19H15ClN2O4/c20-13-6-1-4-9-16(13)26-12-18(23)21-14-7-2-3-8-15(14)22-19(24)17-10-5-11-25-17/h1-11H,12H2,(H,21,23)(H,22,24). The lowest BCUT2D eigenvalue weighted by Gasteiger charge is -2.12. The van der Waals surface area contributed by atoms with Crippen LogP contribution in [0.5, 0.6) is 5.75 Å². The Labute approximate surface area is 154 Å². The number of hydrogen-bond acceptors (Lipinski definition) is 4. The van der Waals surface area contributed by atoms with E-state index < -0.39 is 5.91 Å². The second kappa shape index (κ2) is 8.22. The van der Waals surface area contributed by atoms with Crippen molar-refractivity contribution in [1.82, 2.24) is 0 Å². The lowest BCUT2D eigenvalue weighted by molar-refractivity contribution is -0.118. The molecule has 0 unspecified atom stereocenters. The molecular formula is C19H15ClN2O4. The molecule has 1 heterocycles. The van der Waals surface area contributed by atoms with Crippen molar-refractivity contribution in [2.45, 2.75) is 0 Å². The van der Waals surface area contributed by atoms with Crippen molar-refractivity contribution in [2.24, 2.45) is 0 Å². The van der Waals surface area contributed by atoms with Gasteiger partial charge in [0.2, 0.25) is 0 Å². The average molecular weight is 371 g/mol. The van der Waals surface area contributed by atoms with E-state index in [1.165, 1.54) is 6.26 Å². The van der Waals surface area contributed by atoms with Crippen LogP contribution >= 0.6 is 11.6 Å². The number of para-hydroxylation sites is 3. The Morgan fingerprint density at radius 1 is 0.923 bits per heavy atom. The molecule has 0 spiro atoms. The van der Waals surface area contributed by atoms with Gasteiger partial charge < -0.3 is 19.8 Å². The van der Waals surface area contributed by atoms with Crippen molar-refractivity contribution >= 4 is 34.8 Å². The van der Waals surface area contributed by atoms with Gasteiger partial charge in [-0.05, 0) is 36.4 Å². The Kier molecular flexibility index (Phi) is 5.56. The zero-order valence-corrected chi connectivity index (χ0v) is 14.3. The van der Waals surface area contributed by atoms with Gasteiger partial charge in [-0.1, -0.05) is 35.9 Å². The molecule has 0 saturated carbocycles. The smallest absolute Gasteiger partial charge is 0.291 e. The summed E-state index contributed by atoms with van der Waals surface area (Å²) < 4.78 is 10.5. The SMILES string of the molecule is O=C(COc1ccccc1Cl)Nc1ccccc1NC(=O)c1ccco1. The molecular weight excluding hydrogens is 356 g/mol. The van der Waals surface area contributed by atoms with Crippen LogP contribution in [-0.2, 0) is 4.79 Å². The van der Waals surface area contributed by atoms with Crippen molar-refractivity contribution in [1.29, 1.82) is 0 Å². The van der Waals surface area contributed by atoms with Gasteiger partial charge >= 0.3 is 0 Å². The Hall–Kier alpha value is -3.25. The number of furan rings is 1. The highest BCUT2D eigenvalue weighted by atomic mass is 35.5. The van der Waals surface area contributed by atoms with E-state index in [1.807, 2.05) is 0 Å². The largest absolute Gasteiger partial charge is 0.482 e. The van der Waals surface area contributed by atoms with Crippen LogP contribution in [0.15, 0.2) is 71.3 Å². The fourth-order valence-corrected chi connectivity index (χ4v) is 2.37. The highest BCUT2D eigenvalue weighted by Crippen LogP contribution is 2.24. The molecule has 0 aliphatic carbocycles. The molecule has 132 valence electrons. The number of rotatable bonds is 6. The van der Waals surface area contributed by atoms with E-state index in [0.717, 1.165) is 0 Å². The molecule has 0 radical (unpaired) electrons. The minimum atomic E-state index is -0.413. The third-order valence-electron chi connectivity index (χ3n) is 3.39. The maximum absolute atomic E-state index is 12.2. The number of amides is 2. The molecule has 0 saturated heterocycles. The minimum absolute atomic E-state index is 0.174. The topological polar surface area (TPSA) is 80.6 Å². The van der Waals surface area contributed by atoms with Crippen LogP contribution in [-0.4, -0.2) is 18.4 Å². The average Bonchev–Trinajstić information content (AvgIpc) is 3.17. The van der Waals surface area contributed by atoms with Gasteiger partial charge in [0.1, 0.15) is 5.75 Å². The van der Waals surface area contributed by atoms with Crippen molar-refractivity contribution in [3.05, 3.63) is 77.7 Å². The normalized spacial score (nSPS) is 10.2. The summed E-state index contributed by atoms with van der Waals surface area (Å²) in [5.74, 6) is -0.203. The summed E-state index contributed by atoms with van der Waals surface area (Å²) in [4.78, 5) is 24.3. The van der Waals surface area contributed by atoms with Crippen molar-refractivity contribution in [3.63, 3.8) is 0 Å². The second-order valence-electron chi connectivity index (χ2n) is 5.24. The predicted octanol–water partition coefficient (Wildman–Crippen LogP) is 4.20. The number of ether oxygens (including phenoxy) is 1. The minimum Gasteiger partial charge on any atom is -0.482 e. The van der Waals surface area contributed by atoms with E-state index in [1.54, 1.807) is 60.7 Å². The number of carbonyl (C=O) groups excluding carboxylic acids is 2. The fourth-order valence-electron chi connectivity index (χ4n) is 2.18. The van der Waals surface area contributed by atoms with Crippen LogP contribution in [0.4, 0.5) is 11.4 Å². The van der Waals surface area contributed by atoms with Gasteiger partial charge in [-0.25, -0.2) is 0 Å². The molecule has 6 nitrogen and oxygen atoms in total. The van der Waals surface area contributed by atoms with Crippen LogP contribution in [0.3, 0.4) is 0 Å². The number of hydrogen-bond donors (Lipinski definition) is 2. The summed E-state index contributed by atoms with van der Waals surface area (Å²) in [6.07, 6.45) is 1.41. The molecule has 3 aromatic rings. The molecule has 0 aliphatic heterocycles. The number of benzene rings is 2. The zero-order chi connectivity index (χ0) is 18.4. The number of halogens is 1. The summed E-state index contributed by atoms with van der Waals surface area (Å²) in [6, 6.07) is 16.9. The molecule has 7 heteroatoms. The van der Waals surface area contributed by atoms with Gasteiger partial charge in [0.25, 0.3) is 11.8 Å². The van der Waals surface area contributed by atoms with Crippen LogP contribution < -0.4 is 15.4 Å². The number of carbonyl (C=O) groups is 2. The van der Waals surface area contributed by atoms with E-state index in [2.05, 4.69) is 10.6 Å². The lowest BCUT2D eigenvalue weighted by atomic mass is 10.2. The fraction of sp³-hybridized carbons (Fsp3) is 0.0526. The summed E-state index contributed by atoms with van der Waals surface area (Å²) in [6.45, 7) is -0.218. The van der Waals surface area contributed by atoms with Gasteiger partial charge in [0, 0.05) is 0 Å². The quantitative estimate of drug-likeness (QED) is 0.681. The van der Waals surface area contributed by atoms with Crippen molar-refractivity contribution in [2.75, 3.05) is 17.2 Å². The summed E-state index contributed by atoms with van der Waals surface area (Å²) in [7, 11) is 0. The van der Waals surface area contributed by atoms with Crippen molar-refractivity contribution < 1.29 is 18.7 Å². The molecule has 0 fully saturated rings. The molecule has 0 aliphatic rings. The molecule has 1 aromatic heterocycles. The summed E-state index contributed by atoms with van der Waals surface area (Å²) in [5, 5.41) is 5.81. The van der Waals surface area contributed by atoms with E-state index in [-0.39, 0.29) is 18.3 Å². The second-order valence-corrected chi connectivity index (χ2v) is 5.65. The third kappa shape index (κ3) is 4.43. The summed E-state index contributed by atoms with van der Waals surface area (Å²) in [5.41, 5.74) is 0.889. The van der Waals surface area contributed by atoms with E-state index in [9.17, 15) is 9.59 Å². The Balaban J connectivity index is 1.63. The van der Waals surface area contributed by atoms with E-state index in [4.69, 9.17) is 20.8 Å². The van der Waals surface area contributed by atoms with Gasteiger partial charge in [-0.2, -0.15) is 0 Å². The number of nitrogens with one attached hydrogen (secondary N) is 2. The van der Waals surface area contributed by atoms with Gasteiger partial charge in [0.15, 0.2) is 12.4 Å². The molecule has 26 heavy (non-hydrogen) atoms. The maximum atomic E-state index is 12.2. The molecule has 0 bridgehead atoms. The first kappa shape index (κ1) is 17.6. The third-order valence-corrected chi connectivity index (χ3v) is 3.70. The van der Waals surface area contributed by atoms with Crippen molar-refractivity contribution in [3.8, 4) is 5.75 Å². The highest BCUT2D eigenvalue weighted by molar-refractivity contribution is 6.32. The highest BCUT2D eigenvalue weighted by Gasteiger charge is 2.13. The first-order chi connectivity index (χ1) is 12.6. The number of anilines is 2. The van der Waals surface area contributed by atoms with Gasteiger partial charge in [0.05, 0.1) is 22.7 Å². The van der Waals surface area contributed by atoms with E-state index >= 15 is 0 Å². The molecule has 2 amide bonds.